The Morgan fingerprint density at radius 3 is 2.59 bits per heavy atom. The average Bonchev–Trinajstić information content (AvgIpc) is 3.87. The number of amides is 2. The number of sulfonamides is 1. The second-order valence-electron chi connectivity index (χ2n) is 16.2. The number of aryl methyl sites for hydroxylation is 1. The molecule has 2 fully saturated rings. The number of anilines is 1. The van der Waals surface area contributed by atoms with Gasteiger partial charge in [-0.25, -0.2) is 13.1 Å². The molecular weight excluding hydrogens is 690 g/mol. The van der Waals surface area contributed by atoms with Crippen molar-refractivity contribution in [3.05, 3.63) is 70.3 Å². The summed E-state index contributed by atoms with van der Waals surface area (Å²) in [5, 5.41) is 13.1. The van der Waals surface area contributed by atoms with E-state index in [0.29, 0.717) is 62.0 Å². The van der Waals surface area contributed by atoms with E-state index in [1.165, 1.54) is 16.0 Å². The summed E-state index contributed by atoms with van der Waals surface area (Å²) in [6, 6.07) is 11.2. The summed E-state index contributed by atoms with van der Waals surface area (Å²) in [5.74, 6) is -0.780. The molecule has 1 spiro atoms. The van der Waals surface area contributed by atoms with Crippen molar-refractivity contribution in [1.29, 1.82) is 0 Å². The molecule has 7 rings (SSSR count). The third kappa shape index (κ3) is 6.46. The largest absolute Gasteiger partial charge is 0.490 e. The van der Waals surface area contributed by atoms with Crippen LogP contribution in [0.25, 0.3) is 0 Å². The van der Waals surface area contributed by atoms with Crippen molar-refractivity contribution < 1.29 is 32.6 Å². The SMILES string of the molecule is CO[C@H]1/C=C/CCN(C)C(=O)C[C@](O)(C(=O)NS(=O)(=O)C2(C)CC2)c2ccc3c(c2)N(CC2(C)CC[C@@H]12)C[C@@]1(CCCc2cc(Cl)ccc21)CO3. The number of nitrogens with one attached hydrogen (secondary N) is 1. The maximum Gasteiger partial charge on any atom is 0.270 e. The van der Waals surface area contributed by atoms with E-state index < -0.39 is 38.6 Å². The highest BCUT2D eigenvalue weighted by Gasteiger charge is 2.54. The molecular formula is C39H50ClN3O7S. The van der Waals surface area contributed by atoms with Gasteiger partial charge in [0.05, 0.1) is 29.6 Å². The van der Waals surface area contributed by atoms with Crippen molar-refractivity contribution >= 4 is 39.1 Å². The van der Waals surface area contributed by atoms with Crippen LogP contribution in [0.2, 0.25) is 5.02 Å². The minimum atomic E-state index is -4.11. The smallest absolute Gasteiger partial charge is 0.270 e. The summed E-state index contributed by atoms with van der Waals surface area (Å²) in [6.45, 7) is 5.94. The van der Waals surface area contributed by atoms with Crippen LogP contribution >= 0.6 is 11.6 Å². The Labute approximate surface area is 306 Å². The van der Waals surface area contributed by atoms with E-state index >= 15 is 0 Å². The summed E-state index contributed by atoms with van der Waals surface area (Å²) in [7, 11) is -0.737. The van der Waals surface area contributed by atoms with E-state index in [4.69, 9.17) is 21.1 Å². The van der Waals surface area contributed by atoms with Crippen molar-refractivity contribution in [1.82, 2.24) is 9.62 Å². The van der Waals surface area contributed by atoms with Crippen LogP contribution in [0.4, 0.5) is 5.69 Å². The molecule has 276 valence electrons. The lowest BCUT2D eigenvalue weighted by Crippen LogP contribution is -2.54. The molecule has 2 aromatic carbocycles. The Hall–Kier alpha value is -3.12. The number of hydrogen-bond acceptors (Lipinski definition) is 8. The molecule has 0 saturated heterocycles. The van der Waals surface area contributed by atoms with Gasteiger partial charge in [0.1, 0.15) is 5.75 Å². The van der Waals surface area contributed by atoms with Crippen LogP contribution < -0.4 is 14.4 Å². The van der Waals surface area contributed by atoms with E-state index in [9.17, 15) is 23.1 Å². The molecule has 51 heavy (non-hydrogen) atoms. The number of aliphatic hydroxyl groups is 1. The quantitative estimate of drug-likeness (QED) is 0.409. The first kappa shape index (κ1) is 36.2. The van der Waals surface area contributed by atoms with Gasteiger partial charge in [-0.2, -0.15) is 0 Å². The average molecular weight is 740 g/mol. The van der Waals surface area contributed by atoms with Gasteiger partial charge in [-0.3, -0.25) is 9.59 Å². The van der Waals surface area contributed by atoms with Crippen molar-refractivity contribution in [2.24, 2.45) is 11.3 Å². The number of benzene rings is 2. The Morgan fingerprint density at radius 2 is 1.88 bits per heavy atom. The number of halogens is 1. The number of nitrogens with zero attached hydrogens (tertiary/aromatic N) is 2. The number of carbonyl (C=O) groups is 2. The normalized spacial score (nSPS) is 32.5. The zero-order valence-corrected chi connectivity index (χ0v) is 31.6. The fourth-order valence-electron chi connectivity index (χ4n) is 8.79. The van der Waals surface area contributed by atoms with E-state index in [2.05, 4.69) is 34.8 Å². The molecule has 5 atom stereocenters. The molecule has 2 N–H and O–H groups in total. The van der Waals surface area contributed by atoms with Gasteiger partial charge in [-0.15, -0.1) is 0 Å². The van der Waals surface area contributed by atoms with Crippen molar-refractivity contribution in [2.75, 3.05) is 45.3 Å². The predicted octanol–water partition coefficient (Wildman–Crippen LogP) is 5.24. The van der Waals surface area contributed by atoms with Crippen LogP contribution in [-0.4, -0.2) is 81.5 Å². The number of hydrogen-bond donors (Lipinski definition) is 2. The molecule has 3 aliphatic carbocycles. The van der Waals surface area contributed by atoms with Crippen LogP contribution in [-0.2, 0) is 41.8 Å². The van der Waals surface area contributed by atoms with E-state index in [-0.39, 0.29) is 28.4 Å². The summed E-state index contributed by atoms with van der Waals surface area (Å²) in [6.07, 6.45) is 9.60. The van der Waals surface area contributed by atoms with E-state index in [1.807, 2.05) is 12.1 Å². The maximum absolute atomic E-state index is 14.1. The summed E-state index contributed by atoms with van der Waals surface area (Å²) < 4.78 is 40.4. The lowest BCUT2D eigenvalue weighted by atomic mass is 9.58. The summed E-state index contributed by atoms with van der Waals surface area (Å²) in [4.78, 5) is 31.6. The summed E-state index contributed by atoms with van der Waals surface area (Å²) >= 11 is 6.47. The van der Waals surface area contributed by atoms with Crippen molar-refractivity contribution in [3.8, 4) is 5.75 Å². The van der Waals surface area contributed by atoms with Crippen molar-refractivity contribution in [2.45, 2.75) is 93.5 Å². The van der Waals surface area contributed by atoms with Gasteiger partial charge in [0.15, 0.2) is 5.60 Å². The minimum absolute atomic E-state index is 0.0951. The van der Waals surface area contributed by atoms with Crippen LogP contribution in [0, 0.1) is 11.3 Å². The number of carbonyl (C=O) groups excluding carboxylic acids is 2. The highest BCUT2D eigenvalue weighted by molar-refractivity contribution is 7.91. The monoisotopic (exact) mass is 739 g/mol. The van der Waals surface area contributed by atoms with E-state index in [0.717, 1.165) is 32.1 Å². The van der Waals surface area contributed by atoms with Gasteiger partial charge >= 0.3 is 0 Å². The first-order chi connectivity index (χ1) is 24.1. The predicted molar refractivity (Wildman–Crippen MR) is 196 cm³/mol. The third-order valence-electron chi connectivity index (χ3n) is 12.7. The molecule has 2 aliphatic heterocycles. The molecule has 5 aliphatic rings. The topological polar surface area (TPSA) is 125 Å². The highest BCUT2D eigenvalue weighted by atomic mass is 35.5. The molecule has 0 aromatic heterocycles. The van der Waals surface area contributed by atoms with Crippen molar-refractivity contribution in [3.63, 3.8) is 0 Å². The van der Waals surface area contributed by atoms with Crippen LogP contribution in [0.1, 0.15) is 81.9 Å². The molecule has 2 aromatic rings. The van der Waals surface area contributed by atoms with Crippen LogP contribution in [0.3, 0.4) is 0 Å². The second-order valence-corrected chi connectivity index (χ2v) is 18.8. The lowest BCUT2D eigenvalue weighted by molar-refractivity contribution is -0.148. The number of rotatable bonds is 4. The molecule has 0 radical (unpaired) electrons. The fourth-order valence-corrected chi connectivity index (χ4v) is 10.3. The van der Waals surface area contributed by atoms with Crippen LogP contribution in [0.15, 0.2) is 48.6 Å². The standard InChI is InChI=1S/C39H50ClN3O7S/c1-36-16-14-30(36)32(49-4)9-5-6-19-42(3)34(44)22-39(46,35(45)41-51(47,48)37(2)17-18-37)27-10-13-33-31(21-27)43(23-36)24-38(25-50-33)15-7-8-26-20-28(40)11-12-29(26)38/h5,9-13,20-21,30,32,46H,6-8,14-19,22-25H2,1-4H3,(H,41,45)/b9-5+/t30-,32-,36?,38-,39+/m0/s1. The lowest BCUT2D eigenvalue weighted by Gasteiger charge is -2.53. The highest BCUT2D eigenvalue weighted by Crippen LogP contribution is 2.53. The van der Waals surface area contributed by atoms with E-state index in [1.54, 1.807) is 39.3 Å². The third-order valence-corrected chi connectivity index (χ3v) is 15.0. The zero-order chi connectivity index (χ0) is 36.4. The molecule has 2 heterocycles. The van der Waals surface area contributed by atoms with Gasteiger partial charge in [-0.1, -0.05) is 42.8 Å². The molecule has 2 bridgehead atoms. The molecule has 12 heteroatoms. The van der Waals surface area contributed by atoms with Gasteiger partial charge in [0.25, 0.3) is 5.91 Å². The van der Waals surface area contributed by atoms with Gasteiger partial charge in [0.2, 0.25) is 15.9 Å². The molecule has 10 nitrogen and oxygen atoms in total. The maximum atomic E-state index is 14.1. The second kappa shape index (κ2) is 13.1. The van der Waals surface area contributed by atoms with Gasteiger partial charge in [-0.05, 0) is 111 Å². The Kier molecular flexibility index (Phi) is 9.29. The number of fused-ring (bicyclic) bond motifs is 4. The number of ether oxygens (including phenoxy) is 2. The first-order valence-corrected chi connectivity index (χ1v) is 20.0. The minimum Gasteiger partial charge on any atom is -0.490 e. The fraction of sp³-hybridized carbons (Fsp3) is 0.590. The van der Waals surface area contributed by atoms with Crippen LogP contribution in [0.5, 0.6) is 5.75 Å². The summed E-state index contributed by atoms with van der Waals surface area (Å²) in [5.41, 5.74) is 0.303. The first-order valence-electron chi connectivity index (χ1n) is 18.2. The molecule has 2 amide bonds. The Morgan fingerprint density at radius 1 is 1.10 bits per heavy atom. The molecule has 1 unspecified atom stereocenters. The Balaban J connectivity index is 1.36. The Bertz CT molecular complexity index is 1860. The zero-order valence-electron chi connectivity index (χ0n) is 30.0. The molecule has 2 saturated carbocycles. The number of methoxy groups -OCH3 is 1. The van der Waals surface area contributed by atoms with Gasteiger partial charge in [0, 0.05) is 44.2 Å². The van der Waals surface area contributed by atoms with Gasteiger partial charge < -0.3 is 24.4 Å².